The van der Waals surface area contributed by atoms with Gasteiger partial charge in [-0.05, 0) is 41.5 Å². The Kier molecular flexibility index (Phi) is 4.55. The van der Waals surface area contributed by atoms with Crippen molar-refractivity contribution in [2.45, 2.75) is 11.1 Å². The van der Waals surface area contributed by atoms with Crippen molar-refractivity contribution < 1.29 is 21.6 Å². The first-order valence-electron chi connectivity index (χ1n) is 7.11. The van der Waals surface area contributed by atoms with Gasteiger partial charge in [0.15, 0.2) is 0 Å². The molecule has 2 aromatic carbocycles. The van der Waals surface area contributed by atoms with Crippen LogP contribution in [0.4, 0.5) is 13.2 Å². The van der Waals surface area contributed by atoms with Crippen molar-refractivity contribution in [2.75, 3.05) is 0 Å². The summed E-state index contributed by atoms with van der Waals surface area (Å²) < 4.78 is 65.9. The van der Waals surface area contributed by atoms with Crippen molar-refractivity contribution in [1.82, 2.24) is 9.78 Å². The van der Waals surface area contributed by atoms with Gasteiger partial charge in [-0.3, -0.25) is 0 Å². The Morgan fingerprint density at radius 1 is 1.08 bits per heavy atom. The van der Waals surface area contributed by atoms with Gasteiger partial charge >= 0.3 is 6.18 Å². The minimum Gasteiger partial charge on any atom is -0.239 e. The van der Waals surface area contributed by atoms with Gasteiger partial charge in [-0.15, -0.1) is 0 Å². The highest BCUT2D eigenvalue weighted by atomic mass is 35.5. The number of rotatable bonds is 3. The van der Waals surface area contributed by atoms with E-state index in [1.54, 1.807) is 0 Å². The van der Waals surface area contributed by atoms with Crippen LogP contribution in [0, 0.1) is 0 Å². The molecule has 26 heavy (non-hydrogen) atoms. The molecule has 0 aliphatic rings. The van der Waals surface area contributed by atoms with E-state index in [1.165, 1.54) is 42.7 Å². The molecule has 136 valence electrons. The van der Waals surface area contributed by atoms with Crippen molar-refractivity contribution in [3.63, 3.8) is 0 Å². The van der Waals surface area contributed by atoms with E-state index >= 15 is 0 Å². The van der Waals surface area contributed by atoms with E-state index in [0.717, 1.165) is 16.8 Å². The number of benzene rings is 2. The van der Waals surface area contributed by atoms with Gasteiger partial charge < -0.3 is 0 Å². The molecule has 3 aromatic rings. The summed E-state index contributed by atoms with van der Waals surface area (Å²) in [6.07, 6.45) is -2.38. The third-order valence-corrected chi connectivity index (χ3v) is 4.77. The normalized spacial score (nSPS) is 12.3. The fourth-order valence-electron chi connectivity index (χ4n) is 2.49. The van der Waals surface area contributed by atoms with Crippen LogP contribution in [-0.4, -0.2) is 18.2 Å². The fraction of sp³-hybridized carbons (Fsp3) is 0.0625. The maximum Gasteiger partial charge on any atom is 0.418 e. The number of aromatic nitrogens is 2. The largest absolute Gasteiger partial charge is 0.418 e. The molecule has 1 heterocycles. The van der Waals surface area contributed by atoms with Crippen LogP contribution >= 0.6 is 11.6 Å². The zero-order valence-electron chi connectivity index (χ0n) is 12.9. The summed E-state index contributed by atoms with van der Waals surface area (Å²) in [6.45, 7) is 0. The van der Waals surface area contributed by atoms with Crippen LogP contribution in [0.3, 0.4) is 0 Å². The molecule has 0 saturated heterocycles. The first kappa shape index (κ1) is 18.4. The van der Waals surface area contributed by atoms with E-state index in [2.05, 4.69) is 5.10 Å². The monoisotopic (exact) mass is 401 g/mol. The standard InChI is InChI=1S/C16H11ClF3N3O2S/c17-12-4-2-10(3-5-12)11-8-13(16(18,19)20)15(23-7-1-6-22-23)14(9-11)26(21,24)25/h1-9H,(H2,21,24,25). The Labute approximate surface area is 151 Å². The van der Waals surface area contributed by atoms with Crippen LogP contribution in [-0.2, 0) is 16.2 Å². The Morgan fingerprint density at radius 3 is 2.23 bits per heavy atom. The molecule has 3 rings (SSSR count). The number of hydrogen-bond donors (Lipinski definition) is 1. The first-order valence-corrected chi connectivity index (χ1v) is 9.04. The van der Waals surface area contributed by atoms with Gasteiger partial charge in [0, 0.05) is 17.4 Å². The molecule has 0 radical (unpaired) electrons. The van der Waals surface area contributed by atoms with Gasteiger partial charge in [0.25, 0.3) is 0 Å². The average molecular weight is 402 g/mol. The van der Waals surface area contributed by atoms with E-state index in [9.17, 15) is 21.6 Å². The quantitative estimate of drug-likeness (QED) is 0.723. The molecule has 0 bridgehead atoms. The Bertz CT molecular complexity index is 1050. The van der Waals surface area contributed by atoms with Crippen LogP contribution in [0.25, 0.3) is 16.8 Å². The van der Waals surface area contributed by atoms with Crippen LogP contribution < -0.4 is 5.14 Å². The molecule has 0 atom stereocenters. The molecule has 0 aliphatic heterocycles. The SMILES string of the molecule is NS(=O)(=O)c1cc(-c2ccc(Cl)cc2)cc(C(F)(F)F)c1-n1cccn1. The lowest BCUT2D eigenvalue weighted by molar-refractivity contribution is -0.137. The number of nitrogens with two attached hydrogens (primary N) is 1. The molecule has 0 unspecified atom stereocenters. The van der Waals surface area contributed by atoms with Crippen molar-refractivity contribution >= 4 is 21.6 Å². The average Bonchev–Trinajstić information content (AvgIpc) is 3.07. The van der Waals surface area contributed by atoms with Gasteiger partial charge in [-0.2, -0.15) is 18.3 Å². The molecule has 0 amide bonds. The predicted octanol–water partition coefficient (Wildman–Crippen LogP) is 3.86. The van der Waals surface area contributed by atoms with E-state index < -0.39 is 32.3 Å². The van der Waals surface area contributed by atoms with Crippen molar-refractivity contribution in [2.24, 2.45) is 5.14 Å². The topological polar surface area (TPSA) is 78.0 Å². The van der Waals surface area contributed by atoms with Gasteiger partial charge in [0.05, 0.1) is 11.3 Å². The second-order valence-electron chi connectivity index (χ2n) is 5.37. The minimum atomic E-state index is -4.83. The third kappa shape index (κ3) is 3.59. The highest BCUT2D eigenvalue weighted by molar-refractivity contribution is 7.89. The van der Waals surface area contributed by atoms with E-state index in [4.69, 9.17) is 16.7 Å². The minimum absolute atomic E-state index is 0.0360. The van der Waals surface area contributed by atoms with Gasteiger partial charge in [0.2, 0.25) is 10.0 Å². The summed E-state index contributed by atoms with van der Waals surface area (Å²) in [5.74, 6) is 0. The van der Waals surface area contributed by atoms with Crippen LogP contribution in [0.15, 0.2) is 59.8 Å². The first-order chi connectivity index (χ1) is 12.1. The van der Waals surface area contributed by atoms with E-state index in [0.29, 0.717) is 10.6 Å². The molecule has 5 nitrogen and oxygen atoms in total. The van der Waals surface area contributed by atoms with Gasteiger partial charge in [0.1, 0.15) is 4.90 Å². The van der Waals surface area contributed by atoms with E-state index in [-0.39, 0.29) is 5.56 Å². The third-order valence-electron chi connectivity index (χ3n) is 3.60. The predicted molar refractivity (Wildman–Crippen MR) is 90.4 cm³/mol. The smallest absolute Gasteiger partial charge is 0.239 e. The Morgan fingerprint density at radius 2 is 1.73 bits per heavy atom. The molecular weight excluding hydrogens is 391 g/mol. The molecule has 0 fully saturated rings. The summed E-state index contributed by atoms with van der Waals surface area (Å²) in [5, 5.41) is 9.31. The van der Waals surface area contributed by atoms with Crippen molar-refractivity contribution in [1.29, 1.82) is 0 Å². The van der Waals surface area contributed by atoms with Crippen molar-refractivity contribution in [3.8, 4) is 16.8 Å². The lowest BCUT2D eigenvalue weighted by Gasteiger charge is -2.18. The second kappa shape index (κ2) is 6.42. The van der Waals surface area contributed by atoms with E-state index in [1.807, 2.05) is 0 Å². The maximum atomic E-state index is 13.7. The molecule has 0 aliphatic carbocycles. The zero-order valence-corrected chi connectivity index (χ0v) is 14.5. The number of primary sulfonamides is 1. The summed E-state index contributed by atoms with van der Waals surface area (Å²) in [4.78, 5) is -0.680. The Hall–Kier alpha value is -2.36. The summed E-state index contributed by atoms with van der Waals surface area (Å²) in [6, 6.07) is 9.26. The van der Waals surface area contributed by atoms with Gasteiger partial charge in [-0.1, -0.05) is 23.7 Å². The molecule has 0 spiro atoms. The highest BCUT2D eigenvalue weighted by Crippen LogP contribution is 2.39. The highest BCUT2D eigenvalue weighted by Gasteiger charge is 2.37. The molecule has 0 saturated carbocycles. The fourth-order valence-corrected chi connectivity index (χ4v) is 3.38. The summed E-state index contributed by atoms with van der Waals surface area (Å²) in [7, 11) is -4.47. The molecule has 1 aromatic heterocycles. The maximum absolute atomic E-state index is 13.7. The number of halogens is 4. The van der Waals surface area contributed by atoms with Crippen LogP contribution in [0.2, 0.25) is 5.02 Å². The lowest BCUT2D eigenvalue weighted by atomic mass is 10.0. The number of hydrogen-bond acceptors (Lipinski definition) is 3. The van der Waals surface area contributed by atoms with Gasteiger partial charge in [-0.25, -0.2) is 18.2 Å². The van der Waals surface area contributed by atoms with Crippen LogP contribution in [0.1, 0.15) is 5.56 Å². The Balaban J connectivity index is 2.40. The second-order valence-corrected chi connectivity index (χ2v) is 7.34. The summed E-state index contributed by atoms with van der Waals surface area (Å²) in [5.41, 5.74) is -1.42. The van der Waals surface area contributed by atoms with Crippen molar-refractivity contribution in [3.05, 3.63) is 65.4 Å². The van der Waals surface area contributed by atoms with Crippen LogP contribution in [0.5, 0.6) is 0 Å². The molecule has 2 N–H and O–H groups in total. The molecule has 10 heteroatoms. The summed E-state index contributed by atoms with van der Waals surface area (Å²) >= 11 is 5.79. The number of nitrogens with zero attached hydrogens (tertiary/aromatic N) is 2. The number of alkyl halides is 3. The lowest BCUT2D eigenvalue weighted by Crippen LogP contribution is -2.20. The zero-order chi connectivity index (χ0) is 19.1. The molecular formula is C16H11ClF3N3O2S. The number of sulfonamides is 1.